The fourth-order valence-corrected chi connectivity index (χ4v) is 2.26. The van der Waals surface area contributed by atoms with E-state index in [4.69, 9.17) is 4.52 Å². The van der Waals surface area contributed by atoms with E-state index in [0.717, 1.165) is 23.9 Å². The lowest BCUT2D eigenvalue weighted by Crippen LogP contribution is -2.00. The van der Waals surface area contributed by atoms with E-state index in [1.807, 2.05) is 6.33 Å². The molecule has 0 fully saturated rings. The number of imidazole rings is 1. The molecule has 3 aromatic rings. The molecular weight excluding hydrogens is 252 g/mol. The molecule has 0 N–H and O–H groups in total. The van der Waals surface area contributed by atoms with Crippen molar-refractivity contribution in [1.29, 1.82) is 0 Å². The van der Waals surface area contributed by atoms with Crippen LogP contribution in [-0.2, 0) is 13.0 Å². The summed E-state index contributed by atoms with van der Waals surface area (Å²) in [6.07, 6.45) is 3.67. The molecule has 0 aliphatic carbocycles. The van der Waals surface area contributed by atoms with Crippen molar-refractivity contribution in [2.45, 2.75) is 40.2 Å². The van der Waals surface area contributed by atoms with Crippen molar-refractivity contribution in [3.63, 3.8) is 0 Å². The molecule has 0 aliphatic rings. The van der Waals surface area contributed by atoms with Gasteiger partial charge in [-0.15, -0.1) is 0 Å². The number of hydrogen-bond acceptors (Lipinski definition) is 4. The largest absolute Gasteiger partial charge is 0.339 e. The second kappa shape index (κ2) is 5.07. The molecule has 104 valence electrons. The van der Waals surface area contributed by atoms with E-state index < -0.39 is 0 Å². The van der Waals surface area contributed by atoms with Gasteiger partial charge in [0.2, 0.25) is 5.89 Å². The van der Waals surface area contributed by atoms with Gasteiger partial charge in [-0.3, -0.25) is 0 Å². The lowest BCUT2D eigenvalue weighted by Gasteiger charge is -2.03. The van der Waals surface area contributed by atoms with E-state index in [1.54, 1.807) is 0 Å². The number of hydrogen-bond donors (Lipinski definition) is 0. The first-order valence-corrected chi connectivity index (χ1v) is 6.91. The average molecular weight is 270 g/mol. The van der Waals surface area contributed by atoms with E-state index in [0.29, 0.717) is 18.3 Å². The average Bonchev–Trinajstić information content (AvgIpc) is 3.00. The Morgan fingerprint density at radius 3 is 2.80 bits per heavy atom. The standard InChI is InChI=1S/C15H18N4O/c1-4-5-15-17-14(18-20-15)8-19-9-16-12-6-10(2)11(3)7-13(12)19/h6-7,9H,4-5,8H2,1-3H3. The molecule has 2 aromatic heterocycles. The van der Waals surface area contributed by atoms with Gasteiger partial charge in [-0.2, -0.15) is 4.98 Å². The van der Waals surface area contributed by atoms with Crippen LogP contribution in [0, 0.1) is 13.8 Å². The summed E-state index contributed by atoms with van der Waals surface area (Å²) in [5.41, 5.74) is 4.63. The van der Waals surface area contributed by atoms with Crippen molar-refractivity contribution in [2.75, 3.05) is 0 Å². The van der Waals surface area contributed by atoms with Gasteiger partial charge in [0.05, 0.1) is 23.9 Å². The lowest BCUT2D eigenvalue weighted by atomic mass is 10.1. The molecule has 5 heteroatoms. The number of nitrogens with zero attached hydrogens (tertiary/aromatic N) is 4. The smallest absolute Gasteiger partial charge is 0.226 e. The zero-order valence-electron chi connectivity index (χ0n) is 12.1. The quantitative estimate of drug-likeness (QED) is 0.731. The highest BCUT2D eigenvalue weighted by Crippen LogP contribution is 2.19. The second-order valence-electron chi connectivity index (χ2n) is 5.15. The van der Waals surface area contributed by atoms with Crippen LogP contribution in [0.5, 0.6) is 0 Å². The van der Waals surface area contributed by atoms with E-state index in [-0.39, 0.29) is 0 Å². The van der Waals surface area contributed by atoms with Gasteiger partial charge in [0.25, 0.3) is 0 Å². The highest BCUT2D eigenvalue weighted by atomic mass is 16.5. The molecule has 0 atom stereocenters. The number of rotatable bonds is 4. The SMILES string of the molecule is CCCc1nc(Cn2cnc3cc(C)c(C)cc32)no1. The summed E-state index contributed by atoms with van der Waals surface area (Å²) in [5, 5.41) is 4.02. The van der Waals surface area contributed by atoms with Crippen molar-refractivity contribution in [3.8, 4) is 0 Å². The van der Waals surface area contributed by atoms with Gasteiger partial charge in [0.1, 0.15) is 0 Å². The van der Waals surface area contributed by atoms with Gasteiger partial charge >= 0.3 is 0 Å². The van der Waals surface area contributed by atoms with Crippen LogP contribution in [0.15, 0.2) is 23.0 Å². The summed E-state index contributed by atoms with van der Waals surface area (Å²) in [5.74, 6) is 1.41. The van der Waals surface area contributed by atoms with Gasteiger partial charge in [0, 0.05) is 6.42 Å². The minimum Gasteiger partial charge on any atom is -0.339 e. The van der Waals surface area contributed by atoms with Crippen LogP contribution < -0.4 is 0 Å². The third-order valence-electron chi connectivity index (χ3n) is 3.52. The lowest BCUT2D eigenvalue weighted by molar-refractivity contribution is 0.371. The minimum absolute atomic E-state index is 0.589. The van der Waals surface area contributed by atoms with Crippen molar-refractivity contribution in [2.24, 2.45) is 0 Å². The number of aromatic nitrogens is 4. The van der Waals surface area contributed by atoms with Crippen LogP contribution >= 0.6 is 0 Å². The van der Waals surface area contributed by atoms with Crippen LogP contribution in [0.1, 0.15) is 36.2 Å². The fraction of sp³-hybridized carbons (Fsp3) is 0.400. The Kier molecular flexibility index (Phi) is 3.26. The van der Waals surface area contributed by atoms with Crippen molar-refractivity contribution >= 4 is 11.0 Å². The Labute approximate surface area is 117 Å². The third-order valence-corrected chi connectivity index (χ3v) is 3.52. The Balaban J connectivity index is 1.92. The maximum atomic E-state index is 5.21. The first-order valence-electron chi connectivity index (χ1n) is 6.91. The van der Waals surface area contributed by atoms with Gasteiger partial charge in [-0.25, -0.2) is 4.98 Å². The summed E-state index contributed by atoms with van der Waals surface area (Å²) in [4.78, 5) is 8.83. The molecule has 0 aliphatic heterocycles. The molecule has 0 saturated carbocycles. The van der Waals surface area contributed by atoms with Crippen LogP contribution in [0.2, 0.25) is 0 Å². The Morgan fingerprint density at radius 2 is 2.00 bits per heavy atom. The topological polar surface area (TPSA) is 56.7 Å². The molecule has 0 bridgehead atoms. The van der Waals surface area contributed by atoms with Crippen LogP contribution in [-0.4, -0.2) is 19.7 Å². The number of fused-ring (bicyclic) bond motifs is 1. The van der Waals surface area contributed by atoms with E-state index in [1.165, 1.54) is 11.1 Å². The van der Waals surface area contributed by atoms with Gasteiger partial charge in [0.15, 0.2) is 5.82 Å². The zero-order valence-corrected chi connectivity index (χ0v) is 12.1. The molecule has 2 heterocycles. The van der Waals surface area contributed by atoms with E-state index >= 15 is 0 Å². The molecule has 3 rings (SSSR count). The molecule has 0 unspecified atom stereocenters. The van der Waals surface area contributed by atoms with E-state index in [9.17, 15) is 0 Å². The Morgan fingerprint density at radius 1 is 1.20 bits per heavy atom. The molecular formula is C15H18N4O. The van der Waals surface area contributed by atoms with Gasteiger partial charge in [-0.1, -0.05) is 12.1 Å². The van der Waals surface area contributed by atoms with Crippen LogP contribution in [0.4, 0.5) is 0 Å². The summed E-state index contributed by atoms with van der Waals surface area (Å²) in [6, 6.07) is 4.27. The highest BCUT2D eigenvalue weighted by molar-refractivity contribution is 5.77. The van der Waals surface area contributed by atoms with Crippen molar-refractivity contribution in [3.05, 3.63) is 41.3 Å². The fourth-order valence-electron chi connectivity index (χ4n) is 2.26. The second-order valence-corrected chi connectivity index (χ2v) is 5.15. The summed E-state index contributed by atoms with van der Waals surface area (Å²) in [7, 11) is 0. The van der Waals surface area contributed by atoms with Gasteiger partial charge in [-0.05, 0) is 43.5 Å². The summed E-state index contributed by atoms with van der Waals surface area (Å²) >= 11 is 0. The predicted octanol–water partition coefficient (Wildman–Crippen LogP) is 3.04. The monoisotopic (exact) mass is 270 g/mol. The predicted molar refractivity (Wildman–Crippen MR) is 76.6 cm³/mol. The number of aryl methyl sites for hydroxylation is 3. The van der Waals surface area contributed by atoms with E-state index in [2.05, 4.69) is 52.6 Å². The Bertz CT molecular complexity index is 741. The number of benzene rings is 1. The maximum absolute atomic E-state index is 5.21. The highest BCUT2D eigenvalue weighted by Gasteiger charge is 2.09. The Hall–Kier alpha value is -2.17. The molecule has 20 heavy (non-hydrogen) atoms. The molecule has 0 saturated heterocycles. The van der Waals surface area contributed by atoms with Crippen molar-refractivity contribution < 1.29 is 4.52 Å². The zero-order chi connectivity index (χ0) is 14.1. The molecule has 5 nitrogen and oxygen atoms in total. The summed E-state index contributed by atoms with van der Waals surface area (Å²) in [6.45, 7) is 6.90. The minimum atomic E-state index is 0.589. The van der Waals surface area contributed by atoms with Gasteiger partial charge < -0.3 is 9.09 Å². The van der Waals surface area contributed by atoms with Crippen molar-refractivity contribution in [1.82, 2.24) is 19.7 Å². The summed E-state index contributed by atoms with van der Waals surface area (Å²) < 4.78 is 7.27. The molecule has 0 amide bonds. The van der Waals surface area contributed by atoms with Crippen LogP contribution in [0.3, 0.4) is 0 Å². The van der Waals surface area contributed by atoms with Crippen LogP contribution in [0.25, 0.3) is 11.0 Å². The molecule has 0 spiro atoms. The molecule has 0 radical (unpaired) electrons. The maximum Gasteiger partial charge on any atom is 0.226 e. The third kappa shape index (κ3) is 2.31. The first kappa shape index (κ1) is 12.8. The molecule has 1 aromatic carbocycles. The first-order chi connectivity index (χ1) is 9.67. The normalized spacial score (nSPS) is 11.3.